The average molecular weight is 415 g/mol. The zero-order valence-electron chi connectivity index (χ0n) is 14.7. The minimum Gasteiger partial charge on any atom is -0.506 e. The first-order chi connectivity index (χ1) is 12.3. The molecule has 2 aromatic carbocycles. The summed E-state index contributed by atoms with van der Waals surface area (Å²) in [6.07, 6.45) is 6.73. The predicted molar refractivity (Wildman–Crippen MR) is 106 cm³/mol. The van der Waals surface area contributed by atoms with E-state index in [0.29, 0.717) is 11.3 Å². The van der Waals surface area contributed by atoms with Crippen molar-refractivity contribution >= 4 is 33.9 Å². The Hall–Kier alpha value is -2.53. The Labute approximate surface area is 160 Å². The van der Waals surface area contributed by atoms with E-state index in [9.17, 15) is 9.90 Å². The van der Waals surface area contributed by atoms with Crippen LogP contribution in [0.25, 0.3) is 12.2 Å². The highest BCUT2D eigenvalue weighted by Crippen LogP contribution is 2.43. The van der Waals surface area contributed by atoms with Crippen molar-refractivity contribution in [3.05, 3.63) is 63.6 Å². The third-order valence-electron chi connectivity index (χ3n) is 4.05. The standard InChI is InChI=1S/C21H19BrO4/c1-21(2)11-10-15-17(26-21)12-18(25-3)19(20(15)24)16(23)9-6-13-4-7-14(22)8-5-13/h4-12,24H,1-3H3/b9-6+. The largest absolute Gasteiger partial charge is 0.506 e. The molecular weight excluding hydrogens is 396 g/mol. The summed E-state index contributed by atoms with van der Waals surface area (Å²) in [6.45, 7) is 3.83. The lowest BCUT2D eigenvalue weighted by atomic mass is 9.97. The molecule has 0 aromatic heterocycles. The van der Waals surface area contributed by atoms with Crippen LogP contribution in [0.15, 0.2) is 47.0 Å². The van der Waals surface area contributed by atoms with Gasteiger partial charge in [0.1, 0.15) is 28.4 Å². The fraction of sp³-hybridized carbons (Fsp3) is 0.190. The molecule has 2 aromatic rings. The molecule has 26 heavy (non-hydrogen) atoms. The van der Waals surface area contributed by atoms with Crippen LogP contribution in [0.1, 0.15) is 35.3 Å². The van der Waals surface area contributed by atoms with Crippen molar-refractivity contribution < 1.29 is 19.4 Å². The molecule has 1 aliphatic rings. The number of fused-ring (bicyclic) bond motifs is 1. The van der Waals surface area contributed by atoms with Crippen LogP contribution in [0.2, 0.25) is 0 Å². The molecule has 1 N–H and O–H groups in total. The zero-order chi connectivity index (χ0) is 18.9. The van der Waals surface area contributed by atoms with Crippen LogP contribution in [-0.2, 0) is 0 Å². The zero-order valence-corrected chi connectivity index (χ0v) is 16.3. The van der Waals surface area contributed by atoms with E-state index >= 15 is 0 Å². The summed E-state index contributed by atoms with van der Waals surface area (Å²) in [5.74, 6) is 0.276. The number of methoxy groups -OCH3 is 1. The van der Waals surface area contributed by atoms with Gasteiger partial charge in [0.2, 0.25) is 0 Å². The molecule has 0 radical (unpaired) electrons. The maximum atomic E-state index is 12.7. The van der Waals surface area contributed by atoms with E-state index in [2.05, 4.69) is 15.9 Å². The molecule has 1 heterocycles. The molecule has 0 spiro atoms. The van der Waals surface area contributed by atoms with Crippen LogP contribution < -0.4 is 9.47 Å². The fourth-order valence-corrected chi connectivity index (χ4v) is 2.98. The van der Waals surface area contributed by atoms with Crippen molar-refractivity contribution in [1.82, 2.24) is 0 Å². The number of hydrogen-bond donors (Lipinski definition) is 1. The molecule has 0 bridgehead atoms. The van der Waals surface area contributed by atoms with E-state index in [4.69, 9.17) is 9.47 Å². The SMILES string of the molecule is COc1cc2c(c(O)c1C(=O)/C=C/c1ccc(Br)cc1)C=CC(C)(C)O2. The third kappa shape index (κ3) is 3.68. The number of halogens is 1. The van der Waals surface area contributed by atoms with Crippen molar-refractivity contribution in [2.45, 2.75) is 19.4 Å². The summed E-state index contributed by atoms with van der Waals surface area (Å²) in [5.41, 5.74) is 0.985. The van der Waals surface area contributed by atoms with Crippen LogP contribution >= 0.6 is 15.9 Å². The van der Waals surface area contributed by atoms with Crippen LogP contribution in [0, 0.1) is 0 Å². The van der Waals surface area contributed by atoms with Crippen molar-refractivity contribution in [2.24, 2.45) is 0 Å². The molecule has 1 aliphatic heterocycles. The minimum atomic E-state index is -0.489. The molecule has 3 rings (SSSR count). The summed E-state index contributed by atoms with van der Waals surface area (Å²) in [7, 11) is 1.46. The Bertz CT molecular complexity index is 909. The lowest BCUT2D eigenvalue weighted by molar-refractivity contribution is 0.104. The van der Waals surface area contributed by atoms with Crippen LogP contribution in [0.5, 0.6) is 17.2 Å². The first kappa shape index (κ1) is 18.3. The number of aromatic hydroxyl groups is 1. The van der Waals surface area contributed by atoms with Gasteiger partial charge in [-0.1, -0.05) is 34.1 Å². The van der Waals surface area contributed by atoms with Gasteiger partial charge in [-0.25, -0.2) is 0 Å². The summed E-state index contributed by atoms with van der Waals surface area (Å²) in [6, 6.07) is 9.20. The third-order valence-corrected chi connectivity index (χ3v) is 4.58. The molecule has 0 amide bonds. The number of carbonyl (C=O) groups is 1. The van der Waals surface area contributed by atoms with E-state index in [1.54, 1.807) is 18.2 Å². The van der Waals surface area contributed by atoms with E-state index in [0.717, 1.165) is 10.0 Å². The second-order valence-corrected chi connectivity index (χ2v) is 7.42. The molecule has 0 unspecified atom stereocenters. The Balaban J connectivity index is 1.99. The molecule has 0 aliphatic carbocycles. The molecule has 4 nitrogen and oxygen atoms in total. The number of allylic oxidation sites excluding steroid dienone is 1. The number of phenolic OH excluding ortho intramolecular Hbond substituents is 1. The Morgan fingerprint density at radius 1 is 1.27 bits per heavy atom. The van der Waals surface area contributed by atoms with Gasteiger partial charge >= 0.3 is 0 Å². The normalized spacial score (nSPS) is 14.8. The Morgan fingerprint density at radius 3 is 2.62 bits per heavy atom. The van der Waals surface area contributed by atoms with Gasteiger partial charge in [-0.15, -0.1) is 0 Å². The van der Waals surface area contributed by atoms with Crippen LogP contribution in [0.4, 0.5) is 0 Å². The average Bonchev–Trinajstić information content (AvgIpc) is 2.59. The second-order valence-electron chi connectivity index (χ2n) is 6.50. The van der Waals surface area contributed by atoms with Gasteiger partial charge in [0.25, 0.3) is 0 Å². The number of carbonyl (C=O) groups excluding carboxylic acids is 1. The van der Waals surface area contributed by atoms with Gasteiger partial charge in [0.05, 0.1) is 12.7 Å². The van der Waals surface area contributed by atoms with Gasteiger partial charge in [0, 0.05) is 10.5 Å². The summed E-state index contributed by atoms with van der Waals surface area (Å²) >= 11 is 3.37. The van der Waals surface area contributed by atoms with Gasteiger partial charge in [0.15, 0.2) is 5.78 Å². The first-order valence-corrected chi connectivity index (χ1v) is 8.90. The number of ether oxygens (including phenoxy) is 2. The van der Waals surface area contributed by atoms with Crippen LogP contribution in [0.3, 0.4) is 0 Å². The van der Waals surface area contributed by atoms with Gasteiger partial charge in [-0.3, -0.25) is 4.79 Å². The number of phenols is 1. The lowest BCUT2D eigenvalue weighted by Gasteiger charge is -2.29. The molecule has 0 atom stereocenters. The monoisotopic (exact) mass is 414 g/mol. The smallest absolute Gasteiger partial charge is 0.193 e. The Morgan fingerprint density at radius 2 is 1.96 bits per heavy atom. The number of hydrogen-bond acceptors (Lipinski definition) is 4. The number of ketones is 1. The predicted octanol–water partition coefficient (Wildman–Crippen LogP) is 5.24. The van der Waals surface area contributed by atoms with E-state index in [1.807, 2.05) is 44.2 Å². The van der Waals surface area contributed by atoms with E-state index < -0.39 is 5.60 Å². The van der Waals surface area contributed by atoms with E-state index in [1.165, 1.54) is 13.2 Å². The highest BCUT2D eigenvalue weighted by Gasteiger charge is 2.28. The molecule has 0 saturated heterocycles. The van der Waals surface area contributed by atoms with E-state index in [-0.39, 0.29) is 22.8 Å². The fourth-order valence-electron chi connectivity index (χ4n) is 2.71. The van der Waals surface area contributed by atoms with Gasteiger partial charge < -0.3 is 14.6 Å². The molecule has 134 valence electrons. The quantitative estimate of drug-likeness (QED) is 0.548. The maximum absolute atomic E-state index is 12.7. The molecular formula is C21H19BrO4. The van der Waals surface area contributed by atoms with Crippen molar-refractivity contribution in [1.29, 1.82) is 0 Å². The second kappa shape index (κ2) is 7.00. The highest BCUT2D eigenvalue weighted by atomic mass is 79.9. The molecule has 5 heteroatoms. The minimum absolute atomic E-state index is 0.118. The number of rotatable bonds is 4. The Kier molecular flexibility index (Phi) is 4.92. The van der Waals surface area contributed by atoms with Crippen molar-refractivity contribution in [3.8, 4) is 17.2 Å². The number of benzene rings is 2. The van der Waals surface area contributed by atoms with Crippen molar-refractivity contribution in [3.63, 3.8) is 0 Å². The topological polar surface area (TPSA) is 55.8 Å². The lowest BCUT2D eigenvalue weighted by Crippen LogP contribution is -2.27. The summed E-state index contributed by atoms with van der Waals surface area (Å²) in [4.78, 5) is 12.7. The van der Waals surface area contributed by atoms with Gasteiger partial charge in [-0.05, 0) is 49.8 Å². The maximum Gasteiger partial charge on any atom is 0.193 e. The summed E-state index contributed by atoms with van der Waals surface area (Å²) < 4.78 is 12.1. The highest BCUT2D eigenvalue weighted by molar-refractivity contribution is 9.10. The van der Waals surface area contributed by atoms with Crippen LogP contribution in [-0.4, -0.2) is 23.6 Å². The molecule has 0 saturated carbocycles. The van der Waals surface area contributed by atoms with Crippen molar-refractivity contribution in [2.75, 3.05) is 7.11 Å². The first-order valence-electron chi connectivity index (χ1n) is 8.11. The summed E-state index contributed by atoms with van der Waals surface area (Å²) in [5, 5.41) is 10.6. The molecule has 0 fully saturated rings. The van der Waals surface area contributed by atoms with Gasteiger partial charge in [-0.2, -0.15) is 0 Å².